The minimum Gasteiger partial charge on any atom is -0.508 e. The fraction of sp³-hybridized carbons (Fsp3) is 0.400. The van der Waals surface area contributed by atoms with Gasteiger partial charge in [-0.2, -0.15) is 0 Å². The molecule has 0 heterocycles. The Morgan fingerprint density at radius 1 is 1.37 bits per heavy atom. The van der Waals surface area contributed by atoms with Gasteiger partial charge in [-0.05, 0) is 44.0 Å². The van der Waals surface area contributed by atoms with E-state index < -0.39 is 0 Å². The molecule has 0 saturated carbocycles. The summed E-state index contributed by atoms with van der Waals surface area (Å²) < 4.78 is 5.37. The van der Waals surface area contributed by atoms with Crippen molar-refractivity contribution in [2.45, 2.75) is 26.4 Å². The Morgan fingerprint density at radius 2 is 2.05 bits per heavy atom. The lowest BCUT2D eigenvalue weighted by Crippen LogP contribution is -2.23. The maximum atomic E-state index is 11.5. The number of nitrogens with one attached hydrogen (secondary N) is 1. The highest BCUT2D eigenvalue weighted by molar-refractivity contribution is 5.91. The van der Waals surface area contributed by atoms with E-state index in [2.05, 4.69) is 5.32 Å². The van der Waals surface area contributed by atoms with Crippen LogP contribution in [0.5, 0.6) is 5.75 Å². The summed E-state index contributed by atoms with van der Waals surface area (Å²) >= 11 is 0. The number of hydrogen-bond donors (Lipinski definition) is 2. The molecular weight excluding hydrogens is 242 g/mol. The second-order valence-electron chi connectivity index (χ2n) is 4.49. The maximum Gasteiger partial charge on any atom is 0.244 e. The quantitative estimate of drug-likeness (QED) is 0.586. The summed E-state index contributed by atoms with van der Waals surface area (Å²) in [5.74, 6) is 0.0874. The zero-order valence-electron chi connectivity index (χ0n) is 11.4. The molecule has 1 rings (SSSR count). The summed E-state index contributed by atoms with van der Waals surface area (Å²) in [6.07, 6.45) is 4.22. The lowest BCUT2D eigenvalue weighted by molar-refractivity contribution is -0.116. The molecule has 0 spiro atoms. The minimum absolute atomic E-state index is 0.127. The smallest absolute Gasteiger partial charge is 0.244 e. The van der Waals surface area contributed by atoms with Gasteiger partial charge in [0.15, 0.2) is 0 Å². The molecule has 4 nitrogen and oxygen atoms in total. The van der Waals surface area contributed by atoms with E-state index in [-0.39, 0.29) is 17.8 Å². The molecule has 19 heavy (non-hydrogen) atoms. The zero-order valence-corrected chi connectivity index (χ0v) is 11.4. The SMILES string of the molecule is CC(C)OCCCNC(=O)/C=C/c1ccc(O)cc1. The molecule has 0 aliphatic rings. The highest BCUT2D eigenvalue weighted by Gasteiger charge is 1.96. The highest BCUT2D eigenvalue weighted by atomic mass is 16.5. The Morgan fingerprint density at radius 3 is 2.68 bits per heavy atom. The maximum absolute atomic E-state index is 11.5. The number of phenols is 1. The largest absolute Gasteiger partial charge is 0.508 e. The molecule has 0 aliphatic heterocycles. The lowest BCUT2D eigenvalue weighted by atomic mass is 10.2. The molecule has 0 unspecified atom stereocenters. The first-order valence-corrected chi connectivity index (χ1v) is 6.44. The van der Waals surface area contributed by atoms with Crippen molar-refractivity contribution in [2.75, 3.05) is 13.2 Å². The van der Waals surface area contributed by atoms with Gasteiger partial charge < -0.3 is 15.2 Å². The first kappa shape index (κ1) is 15.2. The van der Waals surface area contributed by atoms with Gasteiger partial charge in [-0.3, -0.25) is 4.79 Å². The summed E-state index contributed by atoms with van der Waals surface area (Å²) in [5.41, 5.74) is 0.871. The zero-order chi connectivity index (χ0) is 14.1. The van der Waals surface area contributed by atoms with Crippen molar-refractivity contribution in [3.8, 4) is 5.75 Å². The molecule has 1 aromatic carbocycles. The van der Waals surface area contributed by atoms with Crippen LogP contribution >= 0.6 is 0 Å². The van der Waals surface area contributed by atoms with E-state index in [0.29, 0.717) is 13.2 Å². The van der Waals surface area contributed by atoms with Crippen molar-refractivity contribution in [1.29, 1.82) is 0 Å². The van der Waals surface area contributed by atoms with Gasteiger partial charge in [0, 0.05) is 19.2 Å². The van der Waals surface area contributed by atoms with Crippen LogP contribution < -0.4 is 5.32 Å². The van der Waals surface area contributed by atoms with Crippen LogP contribution in [0.15, 0.2) is 30.3 Å². The Balaban J connectivity index is 2.22. The fourth-order valence-corrected chi connectivity index (χ4v) is 1.42. The van der Waals surface area contributed by atoms with Gasteiger partial charge in [-0.25, -0.2) is 0 Å². The summed E-state index contributed by atoms with van der Waals surface area (Å²) in [7, 11) is 0. The molecule has 0 saturated heterocycles. The molecule has 0 fully saturated rings. The van der Waals surface area contributed by atoms with Crippen molar-refractivity contribution in [3.63, 3.8) is 0 Å². The molecule has 0 bridgehead atoms. The van der Waals surface area contributed by atoms with Crippen molar-refractivity contribution in [1.82, 2.24) is 5.32 Å². The van der Waals surface area contributed by atoms with Crippen LogP contribution in [-0.4, -0.2) is 30.3 Å². The molecule has 4 heteroatoms. The van der Waals surface area contributed by atoms with Gasteiger partial charge in [-0.15, -0.1) is 0 Å². The third-order valence-electron chi connectivity index (χ3n) is 2.39. The number of carbonyl (C=O) groups excluding carboxylic acids is 1. The minimum atomic E-state index is -0.127. The Labute approximate surface area is 114 Å². The average molecular weight is 263 g/mol. The molecule has 1 aromatic rings. The average Bonchev–Trinajstić information content (AvgIpc) is 2.37. The van der Waals surface area contributed by atoms with Gasteiger partial charge in [0.25, 0.3) is 0 Å². The van der Waals surface area contributed by atoms with E-state index in [1.807, 2.05) is 13.8 Å². The molecule has 0 atom stereocenters. The second-order valence-corrected chi connectivity index (χ2v) is 4.49. The predicted octanol–water partition coefficient (Wildman–Crippen LogP) is 2.34. The van der Waals surface area contributed by atoms with Gasteiger partial charge in [0.2, 0.25) is 5.91 Å². The van der Waals surface area contributed by atoms with Crippen LogP contribution in [-0.2, 0) is 9.53 Å². The number of amides is 1. The number of benzene rings is 1. The van der Waals surface area contributed by atoms with Gasteiger partial charge >= 0.3 is 0 Å². The number of ether oxygens (including phenoxy) is 1. The van der Waals surface area contributed by atoms with Gasteiger partial charge in [-0.1, -0.05) is 12.1 Å². The second kappa shape index (κ2) is 8.32. The summed E-state index contributed by atoms with van der Waals surface area (Å²) in [6.45, 7) is 5.23. The third kappa shape index (κ3) is 7.26. The number of aromatic hydroxyl groups is 1. The van der Waals surface area contributed by atoms with Crippen LogP contribution in [0.4, 0.5) is 0 Å². The molecule has 0 aliphatic carbocycles. The first-order valence-electron chi connectivity index (χ1n) is 6.44. The van der Waals surface area contributed by atoms with Crippen molar-refractivity contribution >= 4 is 12.0 Å². The number of hydrogen-bond acceptors (Lipinski definition) is 3. The molecule has 0 radical (unpaired) electrons. The molecular formula is C15H21NO3. The number of phenolic OH excluding ortho intramolecular Hbond substituents is 1. The third-order valence-corrected chi connectivity index (χ3v) is 2.39. The predicted molar refractivity (Wildman–Crippen MR) is 75.9 cm³/mol. The van der Waals surface area contributed by atoms with E-state index in [1.54, 1.807) is 30.3 Å². The standard InChI is InChI=1S/C15H21NO3/c1-12(2)19-11-3-10-16-15(18)9-6-13-4-7-14(17)8-5-13/h4-9,12,17H,3,10-11H2,1-2H3,(H,16,18)/b9-6+. The van der Waals surface area contributed by atoms with Crippen LogP contribution in [0.2, 0.25) is 0 Å². The van der Waals surface area contributed by atoms with E-state index in [0.717, 1.165) is 12.0 Å². The van der Waals surface area contributed by atoms with Crippen LogP contribution in [0.25, 0.3) is 6.08 Å². The first-order chi connectivity index (χ1) is 9.08. The van der Waals surface area contributed by atoms with Gasteiger partial charge in [0.1, 0.15) is 5.75 Å². The number of carbonyl (C=O) groups is 1. The Bertz CT molecular complexity index is 410. The normalized spacial score (nSPS) is 11.1. The molecule has 1 amide bonds. The van der Waals surface area contributed by atoms with Gasteiger partial charge in [0.05, 0.1) is 6.10 Å². The van der Waals surface area contributed by atoms with E-state index in [1.165, 1.54) is 6.08 Å². The Kier molecular flexibility index (Phi) is 6.68. The fourth-order valence-electron chi connectivity index (χ4n) is 1.42. The van der Waals surface area contributed by atoms with Crippen LogP contribution in [0, 0.1) is 0 Å². The lowest BCUT2D eigenvalue weighted by Gasteiger charge is -2.07. The van der Waals surface area contributed by atoms with Crippen molar-refractivity contribution in [3.05, 3.63) is 35.9 Å². The molecule has 2 N–H and O–H groups in total. The highest BCUT2D eigenvalue weighted by Crippen LogP contribution is 2.10. The van der Waals surface area contributed by atoms with Crippen LogP contribution in [0.3, 0.4) is 0 Å². The van der Waals surface area contributed by atoms with E-state index >= 15 is 0 Å². The number of rotatable bonds is 7. The monoisotopic (exact) mass is 263 g/mol. The summed E-state index contributed by atoms with van der Waals surface area (Å²) in [4.78, 5) is 11.5. The van der Waals surface area contributed by atoms with E-state index in [4.69, 9.17) is 9.84 Å². The molecule has 0 aromatic heterocycles. The Hall–Kier alpha value is -1.81. The summed E-state index contributed by atoms with van der Waals surface area (Å²) in [6, 6.07) is 6.66. The van der Waals surface area contributed by atoms with Crippen molar-refractivity contribution < 1.29 is 14.6 Å². The van der Waals surface area contributed by atoms with Crippen LogP contribution in [0.1, 0.15) is 25.8 Å². The van der Waals surface area contributed by atoms with Crippen molar-refractivity contribution in [2.24, 2.45) is 0 Å². The summed E-state index contributed by atoms with van der Waals surface area (Å²) in [5, 5.41) is 11.9. The molecule has 104 valence electrons. The topological polar surface area (TPSA) is 58.6 Å². The van der Waals surface area contributed by atoms with E-state index in [9.17, 15) is 4.79 Å².